The lowest BCUT2D eigenvalue weighted by Crippen LogP contribution is -2.18. The van der Waals surface area contributed by atoms with Crippen LogP contribution in [0, 0.1) is 5.92 Å². The van der Waals surface area contributed by atoms with E-state index in [2.05, 4.69) is 42.1 Å². The summed E-state index contributed by atoms with van der Waals surface area (Å²) < 4.78 is 0. The average Bonchev–Trinajstić information content (AvgIpc) is 2.28. The molecule has 1 aromatic carbocycles. The van der Waals surface area contributed by atoms with Crippen molar-refractivity contribution in [3.8, 4) is 0 Å². The third-order valence-electron chi connectivity index (χ3n) is 2.75. The Morgan fingerprint density at radius 3 is 2.65 bits per heavy atom. The Morgan fingerprint density at radius 2 is 1.88 bits per heavy atom. The van der Waals surface area contributed by atoms with Gasteiger partial charge in [-0.3, -0.25) is 0 Å². The quantitative estimate of drug-likeness (QED) is 0.872. The lowest BCUT2D eigenvalue weighted by molar-refractivity contribution is 0.539. The van der Waals surface area contributed by atoms with Gasteiger partial charge in [0.15, 0.2) is 0 Å². The Hall–Kier alpha value is -1.64. The summed E-state index contributed by atoms with van der Waals surface area (Å²) in [6.45, 7) is 6.66. The number of nitrogens with zero attached hydrogens (tertiary/aromatic N) is 2. The van der Waals surface area contributed by atoms with Gasteiger partial charge in [0.05, 0.1) is 5.52 Å². The van der Waals surface area contributed by atoms with Gasteiger partial charge in [0, 0.05) is 11.4 Å². The summed E-state index contributed by atoms with van der Waals surface area (Å²) in [5, 5.41) is 4.55. The first kappa shape index (κ1) is 11.8. The highest BCUT2D eigenvalue weighted by atomic mass is 15.0. The van der Waals surface area contributed by atoms with Crippen LogP contribution in [0.25, 0.3) is 10.9 Å². The Kier molecular flexibility index (Phi) is 3.57. The van der Waals surface area contributed by atoms with Gasteiger partial charge in [-0.05, 0) is 31.4 Å². The zero-order valence-corrected chi connectivity index (χ0v) is 10.6. The maximum absolute atomic E-state index is 4.33. The third kappa shape index (κ3) is 2.93. The maximum Gasteiger partial charge on any atom is 0.137 e. The minimum atomic E-state index is 0.424. The van der Waals surface area contributed by atoms with Crippen LogP contribution in [0.15, 0.2) is 30.6 Å². The lowest BCUT2D eigenvalue weighted by Gasteiger charge is -2.17. The second kappa shape index (κ2) is 5.13. The monoisotopic (exact) mass is 229 g/mol. The first-order valence-corrected chi connectivity index (χ1v) is 6.13. The van der Waals surface area contributed by atoms with Crippen LogP contribution in [0.4, 0.5) is 5.82 Å². The predicted octanol–water partition coefficient (Wildman–Crippen LogP) is 3.48. The van der Waals surface area contributed by atoms with Crippen molar-refractivity contribution < 1.29 is 0 Å². The van der Waals surface area contributed by atoms with Crippen LogP contribution in [-0.4, -0.2) is 16.0 Å². The average molecular weight is 229 g/mol. The summed E-state index contributed by atoms with van der Waals surface area (Å²) in [4.78, 5) is 8.59. The van der Waals surface area contributed by atoms with Crippen LogP contribution in [0.3, 0.4) is 0 Å². The summed E-state index contributed by atoms with van der Waals surface area (Å²) >= 11 is 0. The summed E-state index contributed by atoms with van der Waals surface area (Å²) in [5.74, 6) is 1.62. The molecule has 17 heavy (non-hydrogen) atoms. The molecular formula is C14H19N3. The molecule has 1 atom stereocenters. The van der Waals surface area contributed by atoms with Gasteiger partial charge in [-0.1, -0.05) is 26.0 Å². The zero-order chi connectivity index (χ0) is 12.3. The van der Waals surface area contributed by atoms with Crippen molar-refractivity contribution in [1.29, 1.82) is 0 Å². The molecule has 0 saturated carbocycles. The topological polar surface area (TPSA) is 37.8 Å². The van der Waals surface area contributed by atoms with Crippen molar-refractivity contribution in [3.63, 3.8) is 0 Å². The van der Waals surface area contributed by atoms with Gasteiger partial charge in [-0.2, -0.15) is 0 Å². The standard InChI is InChI=1S/C14H19N3/c1-10(2)8-11(3)17-14-12-6-4-5-7-13(12)15-9-16-14/h4-7,9-11H,8H2,1-3H3,(H,15,16,17). The van der Waals surface area contributed by atoms with Gasteiger partial charge in [-0.15, -0.1) is 0 Å². The third-order valence-corrected chi connectivity index (χ3v) is 2.75. The molecule has 1 heterocycles. The van der Waals surface area contributed by atoms with E-state index in [9.17, 15) is 0 Å². The molecule has 3 nitrogen and oxygen atoms in total. The Balaban J connectivity index is 2.24. The number of fused-ring (bicyclic) bond motifs is 1. The largest absolute Gasteiger partial charge is 0.367 e. The molecule has 0 aliphatic heterocycles. The second-order valence-corrected chi connectivity index (χ2v) is 4.91. The molecule has 0 spiro atoms. The van der Waals surface area contributed by atoms with Gasteiger partial charge in [0.2, 0.25) is 0 Å². The Labute approximate surface area is 102 Å². The van der Waals surface area contributed by atoms with E-state index >= 15 is 0 Å². The first-order chi connectivity index (χ1) is 8.16. The number of anilines is 1. The van der Waals surface area contributed by atoms with E-state index < -0.39 is 0 Å². The molecule has 1 aromatic heterocycles. The highest BCUT2D eigenvalue weighted by molar-refractivity contribution is 5.88. The van der Waals surface area contributed by atoms with Crippen molar-refractivity contribution in [1.82, 2.24) is 9.97 Å². The number of benzene rings is 1. The number of hydrogen-bond donors (Lipinski definition) is 1. The van der Waals surface area contributed by atoms with E-state index in [1.165, 1.54) is 0 Å². The molecule has 2 rings (SSSR count). The molecule has 0 aliphatic rings. The van der Waals surface area contributed by atoms with Gasteiger partial charge >= 0.3 is 0 Å². The summed E-state index contributed by atoms with van der Waals surface area (Å²) in [5.41, 5.74) is 0.988. The minimum absolute atomic E-state index is 0.424. The fraction of sp³-hybridized carbons (Fsp3) is 0.429. The molecule has 1 N–H and O–H groups in total. The van der Waals surface area contributed by atoms with E-state index in [0.29, 0.717) is 12.0 Å². The van der Waals surface area contributed by atoms with Crippen molar-refractivity contribution in [3.05, 3.63) is 30.6 Å². The van der Waals surface area contributed by atoms with E-state index in [1.54, 1.807) is 6.33 Å². The molecule has 0 aliphatic carbocycles. The molecule has 1 unspecified atom stereocenters. The van der Waals surface area contributed by atoms with E-state index in [4.69, 9.17) is 0 Å². The van der Waals surface area contributed by atoms with Gasteiger partial charge < -0.3 is 5.32 Å². The van der Waals surface area contributed by atoms with Gasteiger partial charge in [0.1, 0.15) is 12.1 Å². The number of aromatic nitrogens is 2. The van der Waals surface area contributed by atoms with Crippen LogP contribution >= 0.6 is 0 Å². The van der Waals surface area contributed by atoms with Gasteiger partial charge in [0.25, 0.3) is 0 Å². The fourth-order valence-corrected chi connectivity index (χ4v) is 2.12. The molecule has 2 aromatic rings. The zero-order valence-electron chi connectivity index (χ0n) is 10.6. The number of nitrogens with one attached hydrogen (secondary N) is 1. The number of para-hydroxylation sites is 1. The highest BCUT2D eigenvalue weighted by Crippen LogP contribution is 2.20. The molecule has 0 saturated heterocycles. The van der Waals surface area contributed by atoms with Crippen molar-refractivity contribution in [2.75, 3.05) is 5.32 Å². The Bertz CT molecular complexity index is 488. The first-order valence-electron chi connectivity index (χ1n) is 6.13. The van der Waals surface area contributed by atoms with Gasteiger partial charge in [-0.25, -0.2) is 9.97 Å². The molecule has 0 amide bonds. The maximum atomic E-state index is 4.33. The molecule has 3 heteroatoms. The molecule has 90 valence electrons. The SMILES string of the molecule is CC(C)CC(C)Nc1ncnc2ccccc12. The van der Waals surface area contributed by atoms with Crippen LogP contribution in [0.2, 0.25) is 0 Å². The normalized spacial score (nSPS) is 12.9. The fourth-order valence-electron chi connectivity index (χ4n) is 2.12. The number of hydrogen-bond acceptors (Lipinski definition) is 3. The molecule has 0 radical (unpaired) electrons. The summed E-state index contributed by atoms with van der Waals surface area (Å²) in [7, 11) is 0. The Morgan fingerprint density at radius 1 is 1.12 bits per heavy atom. The van der Waals surface area contributed by atoms with Crippen LogP contribution < -0.4 is 5.32 Å². The molecule has 0 bridgehead atoms. The molecular weight excluding hydrogens is 210 g/mol. The van der Waals surface area contributed by atoms with Crippen LogP contribution in [0.5, 0.6) is 0 Å². The second-order valence-electron chi connectivity index (χ2n) is 4.91. The van der Waals surface area contributed by atoms with Crippen LogP contribution in [-0.2, 0) is 0 Å². The molecule has 0 fully saturated rings. The van der Waals surface area contributed by atoms with E-state index in [1.807, 2.05) is 18.2 Å². The van der Waals surface area contributed by atoms with Crippen molar-refractivity contribution >= 4 is 16.7 Å². The van der Waals surface area contributed by atoms with E-state index in [0.717, 1.165) is 23.1 Å². The summed E-state index contributed by atoms with van der Waals surface area (Å²) in [6, 6.07) is 8.50. The summed E-state index contributed by atoms with van der Waals surface area (Å²) in [6.07, 6.45) is 2.76. The number of rotatable bonds is 4. The predicted molar refractivity (Wildman–Crippen MR) is 72.1 cm³/mol. The van der Waals surface area contributed by atoms with Crippen molar-refractivity contribution in [2.24, 2.45) is 5.92 Å². The van der Waals surface area contributed by atoms with E-state index in [-0.39, 0.29) is 0 Å². The highest BCUT2D eigenvalue weighted by Gasteiger charge is 2.08. The van der Waals surface area contributed by atoms with Crippen LogP contribution in [0.1, 0.15) is 27.2 Å². The lowest BCUT2D eigenvalue weighted by atomic mass is 10.1. The smallest absolute Gasteiger partial charge is 0.137 e. The minimum Gasteiger partial charge on any atom is -0.367 e. The van der Waals surface area contributed by atoms with Crippen molar-refractivity contribution in [2.45, 2.75) is 33.2 Å².